The van der Waals surface area contributed by atoms with E-state index in [9.17, 15) is 9.59 Å². The molecule has 1 amide bonds. The first kappa shape index (κ1) is 18.5. The average Bonchev–Trinajstić information content (AvgIpc) is 2.49. The molecule has 0 saturated carbocycles. The van der Waals surface area contributed by atoms with Crippen LogP contribution in [-0.4, -0.2) is 38.4 Å². The molecule has 6 nitrogen and oxygen atoms in total. The number of rotatable bonds is 5. The zero-order valence-electron chi connectivity index (χ0n) is 14.1. The molecule has 0 aliphatic rings. The van der Waals surface area contributed by atoms with Gasteiger partial charge >= 0.3 is 12.1 Å². The van der Waals surface area contributed by atoms with Gasteiger partial charge in [-0.2, -0.15) is 0 Å². The van der Waals surface area contributed by atoms with E-state index in [0.29, 0.717) is 17.9 Å². The van der Waals surface area contributed by atoms with Gasteiger partial charge in [0.1, 0.15) is 11.4 Å². The van der Waals surface area contributed by atoms with Gasteiger partial charge in [0.25, 0.3) is 0 Å². The lowest BCUT2D eigenvalue weighted by molar-refractivity contribution is 0.0532. The lowest BCUT2D eigenvalue weighted by atomic mass is 10.1. The molecule has 126 valence electrons. The molecule has 6 heteroatoms. The monoisotopic (exact) mass is 321 g/mol. The summed E-state index contributed by atoms with van der Waals surface area (Å²) in [7, 11) is 2.84. The highest BCUT2D eigenvalue weighted by molar-refractivity contribution is 5.90. The van der Waals surface area contributed by atoms with Crippen LogP contribution in [0.1, 0.15) is 36.7 Å². The number of carbonyl (C=O) groups is 2. The number of hydrogen-bond acceptors (Lipinski definition) is 5. The van der Waals surface area contributed by atoms with Crippen LogP contribution < -0.4 is 10.1 Å². The Kier molecular flexibility index (Phi) is 6.63. The smallest absolute Gasteiger partial charge is 0.407 e. The van der Waals surface area contributed by atoms with Gasteiger partial charge < -0.3 is 19.5 Å². The summed E-state index contributed by atoms with van der Waals surface area (Å²) in [6, 6.07) is 5.00. The molecule has 1 aromatic carbocycles. The summed E-state index contributed by atoms with van der Waals surface area (Å²) in [4.78, 5) is 23.0. The Morgan fingerprint density at radius 2 is 1.91 bits per heavy atom. The van der Waals surface area contributed by atoms with Crippen LogP contribution in [0.2, 0.25) is 0 Å². The molecule has 1 N–H and O–H groups in total. The van der Waals surface area contributed by atoms with Crippen molar-refractivity contribution in [1.29, 1.82) is 0 Å². The second-order valence-corrected chi connectivity index (χ2v) is 5.73. The van der Waals surface area contributed by atoms with Crippen LogP contribution in [0.5, 0.6) is 5.75 Å². The SMILES string of the molecule is COC(=O)c1ccc(C=CCNC(=O)OC(C)(C)C)c(OC)c1. The first-order valence-electron chi connectivity index (χ1n) is 7.16. The number of esters is 1. The van der Waals surface area contributed by atoms with Gasteiger partial charge in [0, 0.05) is 12.1 Å². The molecule has 0 bridgehead atoms. The van der Waals surface area contributed by atoms with Crippen molar-refractivity contribution in [1.82, 2.24) is 5.32 Å². The minimum atomic E-state index is -0.527. The van der Waals surface area contributed by atoms with E-state index in [1.165, 1.54) is 14.2 Å². The van der Waals surface area contributed by atoms with Crippen molar-refractivity contribution in [3.8, 4) is 5.75 Å². The summed E-state index contributed by atoms with van der Waals surface area (Å²) < 4.78 is 15.0. The number of nitrogens with one attached hydrogen (secondary N) is 1. The Morgan fingerprint density at radius 1 is 1.22 bits per heavy atom. The molecule has 0 heterocycles. The van der Waals surface area contributed by atoms with Crippen LogP contribution in [0.25, 0.3) is 6.08 Å². The molecule has 0 radical (unpaired) electrons. The van der Waals surface area contributed by atoms with E-state index in [1.54, 1.807) is 51.1 Å². The maximum Gasteiger partial charge on any atom is 0.407 e. The fourth-order valence-electron chi connectivity index (χ4n) is 1.74. The first-order chi connectivity index (χ1) is 10.8. The molecular weight excluding hydrogens is 298 g/mol. The zero-order chi connectivity index (χ0) is 17.5. The summed E-state index contributed by atoms with van der Waals surface area (Å²) in [5.41, 5.74) is 0.667. The van der Waals surface area contributed by atoms with Gasteiger partial charge in [0.2, 0.25) is 0 Å². The number of carbonyl (C=O) groups excluding carboxylic acids is 2. The van der Waals surface area contributed by atoms with Crippen LogP contribution in [0.4, 0.5) is 4.79 Å². The van der Waals surface area contributed by atoms with Crippen molar-refractivity contribution in [2.75, 3.05) is 20.8 Å². The highest BCUT2D eigenvalue weighted by Gasteiger charge is 2.15. The van der Waals surface area contributed by atoms with Crippen molar-refractivity contribution in [3.05, 3.63) is 35.4 Å². The highest BCUT2D eigenvalue weighted by Crippen LogP contribution is 2.22. The summed E-state index contributed by atoms with van der Waals surface area (Å²) >= 11 is 0. The van der Waals surface area contributed by atoms with Crippen molar-refractivity contribution in [2.45, 2.75) is 26.4 Å². The molecule has 0 aromatic heterocycles. The Morgan fingerprint density at radius 3 is 2.48 bits per heavy atom. The second-order valence-electron chi connectivity index (χ2n) is 5.73. The van der Waals surface area contributed by atoms with E-state index in [2.05, 4.69) is 10.1 Å². The van der Waals surface area contributed by atoms with Crippen LogP contribution in [0, 0.1) is 0 Å². The predicted octanol–water partition coefficient (Wildman–Crippen LogP) is 3.02. The maximum atomic E-state index is 11.5. The first-order valence-corrected chi connectivity index (χ1v) is 7.16. The number of hydrogen-bond donors (Lipinski definition) is 1. The van der Waals surface area contributed by atoms with Gasteiger partial charge in [0.05, 0.1) is 19.8 Å². The highest BCUT2D eigenvalue weighted by atomic mass is 16.6. The van der Waals surface area contributed by atoms with Gasteiger partial charge in [-0.05, 0) is 32.9 Å². The molecule has 0 atom stereocenters. The standard InChI is InChI=1S/C17H23NO5/c1-17(2,3)23-16(20)18-10-6-7-12-8-9-13(15(19)22-5)11-14(12)21-4/h6-9,11H,10H2,1-5H3,(H,18,20). The number of ether oxygens (including phenoxy) is 3. The molecule has 1 rings (SSSR count). The van der Waals surface area contributed by atoms with Gasteiger partial charge in [-0.25, -0.2) is 9.59 Å². The Labute approximate surface area is 136 Å². The molecule has 0 spiro atoms. The number of alkyl carbamates (subject to hydrolysis) is 1. The lowest BCUT2D eigenvalue weighted by Gasteiger charge is -2.19. The van der Waals surface area contributed by atoms with Crippen molar-refractivity contribution in [3.63, 3.8) is 0 Å². The third-order valence-corrected chi connectivity index (χ3v) is 2.72. The van der Waals surface area contributed by atoms with Gasteiger partial charge in [0.15, 0.2) is 0 Å². The summed E-state index contributed by atoms with van der Waals surface area (Å²) in [6.07, 6.45) is 3.08. The largest absolute Gasteiger partial charge is 0.496 e. The molecule has 0 aliphatic carbocycles. The quantitative estimate of drug-likeness (QED) is 0.844. The summed E-state index contributed by atoms with van der Waals surface area (Å²) in [5.74, 6) is 0.117. The van der Waals surface area contributed by atoms with Crippen LogP contribution in [0.15, 0.2) is 24.3 Å². The average molecular weight is 321 g/mol. The predicted molar refractivity (Wildman–Crippen MR) is 87.6 cm³/mol. The van der Waals surface area contributed by atoms with Crippen LogP contribution in [0.3, 0.4) is 0 Å². The van der Waals surface area contributed by atoms with E-state index < -0.39 is 17.7 Å². The van der Waals surface area contributed by atoms with E-state index in [1.807, 2.05) is 0 Å². The Bertz CT molecular complexity index is 587. The van der Waals surface area contributed by atoms with Crippen molar-refractivity contribution < 1.29 is 23.8 Å². The second kappa shape index (κ2) is 8.22. The molecule has 0 saturated heterocycles. The van der Waals surface area contributed by atoms with Gasteiger partial charge in [-0.15, -0.1) is 0 Å². The van der Waals surface area contributed by atoms with E-state index in [4.69, 9.17) is 9.47 Å². The third-order valence-electron chi connectivity index (χ3n) is 2.72. The molecular formula is C17H23NO5. The van der Waals surface area contributed by atoms with Crippen LogP contribution >= 0.6 is 0 Å². The molecule has 0 aliphatic heterocycles. The van der Waals surface area contributed by atoms with E-state index in [-0.39, 0.29) is 0 Å². The topological polar surface area (TPSA) is 73.9 Å². The van der Waals surface area contributed by atoms with Crippen LogP contribution in [-0.2, 0) is 9.47 Å². The lowest BCUT2D eigenvalue weighted by Crippen LogP contribution is -2.32. The van der Waals surface area contributed by atoms with Gasteiger partial charge in [-0.3, -0.25) is 0 Å². The molecule has 0 fully saturated rings. The van der Waals surface area contributed by atoms with E-state index in [0.717, 1.165) is 5.56 Å². The number of methoxy groups -OCH3 is 2. The Balaban J connectivity index is 2.66. The van der Waals surface area contributed by atoms with Gasteiger partial charge in [-0.1, -0.05) is 18.2 Å². The fourth-order valence-corrected chi connectivity index (χ4v) is 1.74. The molecule has 23 heavy (non-hydrogen) atoms. The minimum Gasteiger partial charge on any atom is -0.496 e. The molecule has 1 aromatic rings. The summed E-state index contributed by atoms with van der Waals surface area (Å²) in [6.45, 7) is 5.72. The minimum absolute atomic E-state index is 0.316. The zero-order valence-corrected chi connectivity index (χ0v) is 14.1. The Hall–Kier alpha value is -2.50. The third kappa shape index (κ3) is 6.42. The molecule has 0 unspecified atom stereocenters. The number of amides is 1. The number of benzene rings is 1. The fraction of sp³-hybridized carbons (Fsp3) is 0.412. The van der Waals surface area contributed by atoms with Crippen molar-refractivity contribution >= 4 is 18.1 Å². The summed E-state index contributed by atoms with van der Waals surface area (Å²) in [5, 5.41) is 2.62. The van der Waals surface area contributed by atoms with E-state index >= 15 is 0 Å². The normalized spacial score (nSPS) is 11.2. The van der Waals surface area contributed by atoms with Crippen molar-refractivity contribution in [2.24, 2.45) is 0 Å². The maximum absolute atomic E-state index is 11.5.